The zero-order valence-electron chi connectivity index (χ0n) is 18.2. The van der Waals surface area contributed by atoms with Crippen molar-refractivity contribution in [1.82, 2.24) is 9.13 Å². The zero-order chi connectivity index (χ0) is 21.7. The summed E-state index contributed by atoms with van der Waals surface area (Å²) < 4.78 is 36.5. The first-order chi connectivity index (χ1) is 14.2. The standard InChI is InChI=1S/C21H25N5O3S.K/c1-16-14-17(2)20(18(3)15-16)26-12-11-25(10-7-13-30(27,28)29)21(26)23-24-22-19-8-5-4-6-9-19;/h4-6,8-9,11-12,14-15H,7,10,13H2,1-3H3,(H,27,28,29);/q;+1/p-1/b23-21-,24-22?;. The van der Waals surface area contributed by atoms with Crippen molar-refractivity contribution in [2.45, 2.75) is 33.7 Å². The summed E-state index contributed by atoms with van der Waals surface area (Å²) in [7, 11) is -4.27. The second-order valence-electron chi connectivity index (χ2n) is 7.15. The molecule has 0 N–H and O–H groups in total. The Labute approximate surface area is 224 Å². The fourth-order valence-electron chi connectivity index (χ4n) is 3.45. The van der Waals surface area contributed by atoms with Crippen LogP contribution in [0.15, 0.2) is 70.3 Å². The van der Waals surface area contributed by atoms with Crippen LogP contribution in [0, 0.1) is 20.8 Å². The van der Waals surface area contributed by atoms with E-state index < -0.39 is 15.9 Å². The number of imidazole rings is 1. The van der Waals surface area contributed by atoms with Crippen LogP contribution >= 0.6 is 0 Å². The van der Waals surface area contributed by atoms with E-state index in [1.54, 1.807) is 10.8 Å². The second-order valence-corrected chi connectivity index (χ2v) is 8.67. The fourth-order valence-corrected chi connectivity index (χ4v) is 3.93. The molecule has 0 fully saturated rings. The van der Waals surface area contributed by atoms with Gasteiger partial charge in [0, 0.05) is 24.7 Å². The van der Waals surface area contributed by atoms with Crippen molar-refractivity contribution < 1.29 is 64.4 Å². The topological polar surface area (TPSA) is 104 Å². The Morgan fingerprint density at radius 2 is 1.65 bits per heavy atom. The summed E-state index contributed by atoms with van der Waals surface area (Å²) in [6, 6.07) is 13.4. The van der Waals surface area contributed by atoms with Gasteiger partial charge in [0.1, 0.15) is 0 Å². The van der Waals surface area contributed by atoms with Crippen LogP contribution in [0.3, 0.4) is 0 Å². The van der Waals surface area contributed by atoms with Crippen LogP contribution in [0.25, 0.3) is 5.69 Å². The smallest absolute Gasteiger partial charge is 0.748 e. The molecule has 158 valence electrons. The summed E-state index contributed by atoms with van der Waals surface area (Å²) >= 11 is 0. The number of benzene rings is 2. The van der Waals surface area contributed by atoms with E-state index in [9.17, 15) is 13.0 Å². The second kappa shape index (κ2) is 11.5. The molecular weight excluding hydrogens is 441 g/mol. The molecule has 10 heteroatoms. The van der Waals surface area contributed by atoms with Crippen LogP contribution in [0.5, 0.6) is 0 Å². The van der Waals surface area contributed by atoms with Gasteiger partial charge in [-0.2, -0.15) is 0 Å². The molecular formula is C21H24KN5O3S. The first-order valence-electron chi connectivity index (χ1n) is 9.54. The van der Waals surface area contributed by atoms with E-state index in [0.717, 1.165) is 22.4 Å². The third-order valence-corrected chi connectivity index (χ3v) is 5.38. The van der Waals surface area contributed by atoms with Crippen LogP contribution in [0.1, 0.15) is 23.1 Å². The average molecular weight is 466 g/mol. The molecule has 0 aliphatic heterocycles. The Kier molecular flexibility index (Phi) is 9.56. The molecule has 0 bridgehead atoms. The summed E-state index contributed by atoms with van der Waals surface area (Å²) in [5.41, 5.74) is 5.46. The molecule has 1 aromatic heterocycles. The van der Waals surface area contributed by atoms with Crippen molar-refractivity contribution in [1.29, 1.82) is 0 Å². The molecule has 0 aliphatic carbocycles. The van der Waals surface area contributed by atoms with Gasteiger partial charge in [-0.05, 0) is 55.7 Å². The van der Waals surface area contributed by atoms with E-state index in [1.165, 1.54) is 0 Å². The minimum Gasteiger partial charge on any atom is -0.748 e. The maximum Gasteiger partial charge on any atom is 1.00 e. The molecule has 1 heterocycles. The van der Waals surface area contributed by atoms with Crippen molar-refractivity contribution >= 4 is 15.8 Å². The SMILES string of the molecule is Cc1cc(C)c(-n2ccn(CCCS(=O)(=O)[O-])/c2=N/N=Nc2ccccc2)c(C)c1.[K+]. The van der Waals surface area contributed by atoms with Gasteiger partial charge < -0.3 is 9.12 Å². The number of nitrogens with zero attached hydrogens (tertiary/aromatic N) is 5. The summed E-state index contributed by atoms with van der Waals surface area (Å²) in [5, 5.41) is 12.4. The Hall–Kier alpha value is -1.40. The Bertz CT molecular complexity index is 1210. The van der Waals surface area contributed by atoms with Crippen LogP contribution in [0.2, 0.25) is 0 Å². The number of aryl methyl sites for hydroxylation is 4. The maximum absolute atomic E-state index is 11.0. The van der Waals surface area contributed by atoms with Gasteiger partial charge >= 0.3 is 51.4 Å². The van der Waals surface area contributed by atoms with E-state index in [2.05, 4.69) is 27.6 Å². The Morgan fingerprint density at radius 3 is 2.26 bits per heavy atom. The predicted octanol–water partition coefficient (Wildman–Crippen LogP) is 0.743. The van der Waals surface area contributed by atoms with E-state index >= 15 is 0 Å². The average Bonchev–Trinajstić information content (AvgIpc) is 3.03. The third kappa shape index (κ3) is 7.31. The molecule has 0 radical (unpaired) electrons. The fraction of sp³-hybridized carbons (Fsp3) is 0.286. The molecule has 0 amide bonds. The summed E-state index contributed by atoms with van der Waals surface area (Å²) in [6.45, 7) is 6.42. The van der Waals surface area contributed by atoms with E-state index in [4.69, 9.17) is 0 Å². The van der Waals surface area contributed by atoms with Gasteiger partial charge in [-0.3, -0.25) is 4.57 Å². The van der Waals surface area contributed by atoms with Crippen LogP contribution in [-0.2, 0) is 16.7 Å². The molecule has 0 aliphatic rings. The van der Waals surface area contributed by atoms with Crippen molar-refractivity contribution in [2.24, 2.45) is 15.4 Å². The van der Waals surface area contributed by atoms with E-state index in [0.29, 0.717) is 17.9 Å². The quantitative estimate of drug-likeness (QED) is 0.222. The monoisotopic (exact) mass is 465 g/mol. The molecule has 0 saturated heterocycles. The summed E-state index contributed by atoms with van der Waals surface area (Å²) in [5.74, 6) is -0.432. The minimum atomic E-state index is -4.27. The number of hydrogen-bond donors (Lipinski definition) is 0. The largest absolute Gasteiger partial charge is 1.00 e. The molecule has 0 saturated carbocycles. The molecule has 2 aromatic carbocycles. The molecule has 3 aromatic rings. The molecule has 31 heavy (non-hydrogen) atoms. The van der Waals surface area contributed by atoms with Gasteiger partial charge in [-0.15, -0.1) is 5.11 Å². The molecule has 0 spiro atoms. The van der Waals surface area contributed by atoms with Crippen molar-refractivity contribution in [2.75, 3.05) is 5.75 Å². The first kappa shape index (κ1) is 25.9. The van der Waals surface area contributed by atoms with Gasteiger partial charge in [0.15, 0.2) is 0 Å². The first-order valence-corrected chi connectivity index (χ1v) is 11.1. The van der Waals surface area contributed by atoms with Crippen molar-refractivity contribution in [3.63, 3.8) is 0 Å². The summed E-state index contributed by atoms with van der Waals surface area (Å²) in [6.07, 6.45) is 3.84. The number of hydrogen-bond acceptors (Lipinski definition) is 5. The van der Waals surface area contributed by atoms with Crippen LogP contribution in [0.4, 0.5) is 5.69 Å². The van der Waals surface area contributed by atoms with Gasteiger partial charge in [0.05, 0.1) is 21.5 Å². The normalized spacial score (nSPS) is 12.3. The molecule has 0 atom stereocenters. The van der Waals surface area contributed by atoms with Crippen LogP contribution in [-0.4, -0.2) is 27.9 Å². The van der Waals surface area contributed by atoms with Gasteiger partial charge in [-0.1, -0.05) is 41.0 Å². The van der Waals surface area contributed by atoms with E-state index in [-0.39, 0.29) is 57.8 Å². The third-order valence-electron chi connectivity index (χ3n) is 4.59. The maximum atomic E-state index is 11.0. The zero-order valence-corrected chi connectivity index (χ0v) is 22.1. The number of aromatic nitrogens is 2. The Morgan fingerprint density at radius 1 is 1.00 bits per heavy atom. The predicted molar refractivity (Wildman–Crippen MR) is 114 cm³/mol. The Balaban J connectivity index is 0.00000341. The van der Waals surface area contributed by atoms with Crippen molar-refractivity contribution in [3.8, 4) is 5.69 Å². The molecule has 8 nitrogen and oxygen atoms in total. The van der Waals surface area contributed by atoms with Crippen LogP contribution < -0.4 is 57.0 Å². The van der Waals surface area contributed by atoms with Gasteiger partial charge in [0.25, 0.3) is 0 Å². The van der Waals surface area contributed by atoms with Crippen molar-refractivity contribution in [3.05, 3.63) is 77.2 Å². The van der Waals surface area contributed by atoms with Gasteiger partial charge in [0.2, 0.25) is 5.62 Å². The molecule has 0 unspecified atom stereocenters. The molecule has 3 rings (SSSR count). The number of rotatable bonds is 7. The van der Waals surface area contributed by atoms with Gasteiger partial charge in [-0.25, -0.2) is 8.42 Å². The minimum absolute atomic E-state index is 0. The van der Waals surface area contributed by atoms with E-state index in [1.807, 2.05) is 61.9 Å². The summed E-state index contributed by atoms with van der Waals surface area (Å²) in [4.78, 5) is 0.